The van der Waals surface area contributed by atoms with Gasteiger partial charge in [0.1, 0.15) is 5.75 Å². The third-order valence-corrected chi connectivity index (χ3v) is 3.92. The molecule has 0 aliphatic heterocycles. The Morgan fingerprint density at radius 3 is 3.11 bits per heavy atom. The molecule has 0 spiro atoms. The van der Waals surface area contributed by atoms with Crippen molar-refractivity contribution in [2.45, 2.75) is 32.4 Å². The van der Waals surface area contributed by atoms with Gasteiger partial charge in [0.2, 0.25) is 0 Å². The summed E-state index contributed by atoms with van der Waals surface area (Å²) in [6.07, 6.45) is 5.73. The van der Waals surface area contributed by atoms with Crippen molar-refractivity contribution >= 4 is 0 Å². The molecular weight excluding hydrogens is 236 g/mol. The second-order valence-corrected chi connectivity index (χ2v) is 5.12. The number of hydrogen-bond donors (Lipinski definition) is 2. The quantitative estimate of drug-likeness (QED) is 0.885. The second-order valence-electron chi connectivity index (χ2n) is 5.12. The molecule has 1 atom stereocenters. The van der Waals surface area contributed by atoms with Gasteiger partial charge in [0, 0.05) is 25.0 Å². The second kappa shape index (κ2) is 5.02. The monoisotopic (exact) mass is 254 g/mol. The van der Waals surface area contributed by atoms with E-state index in [2.05, 4.69) is 29.4 Å². The highest BCUT2D eigenvalue weighted by molar-refractivity contribution is 5.44. The maximum atomic E-state index is 9.84. The van der Waals surface area contributed by atoms with Crippen LogP contribution in [0.1, 0.15) is 34.7 Å². The molecule has 0 bridgehead atoms. The van der Waals surface area contributed by atoms with Crippen LogP contribution in [0.5, 0.6) is 5.75 Å². The molecule has 0 saturated carbocycles. The van der Waals surface area contributed by atoms with Crippen LogP contribution < -0.4 is 5.32 Å². The van der Waals surface area contributed by atoms with Crippen molar-refractivity contribution in [3.63, 3.8) is 0 Å². The first-order valence-corrected chi connectivity index (χ1v) is 6.69. The minimum Gasteiger partial charge on any atom is -0.508 e. The van der Waals surface area contributed by atoms with Crippen LogP contribution in [-0.2, 0) is 13.0 Å². The summed E-state index contributed by atoms with van der Waals surface area (Å²) in [4.78, 5) is 4.11. The molecule has 3 rings (SSSR count). The van der Waals surface area contributed by atoms with E-state index in [9.17, 15) is 5.11 Å². The van der Waals surface area contributed by atoms with E-state index in [-0.39, 0.29) is 0 Å². The Kier molecular flexibility index (Phi) is 3.22. The number of aromatic nitrogens is 1. The average Bonchev–Trinajstić information content (AvgIpc) is 2.83. The van der Waals surface area contributed by atoms with Crippen molar-refractivity contribution in [2.24, 2.45) is 0 Å². The first kappa shape index (κ1) is 12.2. The van der Waals surface area contributed by atoms with Crippen LogP contribution in [0.25, 0.3) is 0 Å². The molecule has 0 radical (unpaired) electrons. The summed E-state index contributed by atoms with van der Waals surface area (Å²) >= 11 is 0. The Labute approximate surface area is 113 Å². The van der Waals surface area contributed by atoms with Gasteiger partial charge in [0.15, 0.2) is 0 Å². The summed E-state index contributed by atoms with van der Waals surface area (Å²) in [7, 11) is 0. The predicted octanol–water partition coefficient (Wildman–Crippen LogP) is 2.87. The van der Waals surface area contributed by atoms with Crippen LogP contribution >= 0.6 is 0 Å². The summed E-state index contributed by atoms with van der Waals surface area (Å²) < 4.78 is 0. The van der Waals surface area contributed by atoms with Gasteiger partial charge in [-0.25, -0.2) is 0 Å². The maximum Gasteiger partial charge on any atom is 0.119 e. The van der Waals surface area contributed by atoms with E-state index in [0.717, 1.165) is 24.9 Å². The van der Waals surface area contributed by atoms with Gasteiger partial charge in [-0.3, -0.25) is 4.98 Å². The number of fused-ring (bicyclic) bond motifs is 1. The summed E-state index contributed by atoms with van der Waals surface area (Å²) in [6.45, 7) is 2.92. The molecule has 0 fully saturated rings. The molecule has 1 aromatic carbocycles. The normalized spacial score (nSPS) is 17.4. The van der Waals surface area contributed by atoms with Crippen molar-refractivity contribution in [1.29, 1.82) is 0 Å². The smallest absolute Gasteiger partial charge is 0.119 e. The number of hydrogen-bond acceptors (Lipinski definition) is 3. The zero-order chi connectivity index (χ0) is 13.2. The topological polar surface area (TPSA) is 45.2 Å². The number of nitrogens with zero attached hydrogens (tertiary/aromatic N) is 1. The molecule has 1 aliphatic carbocycles. The van der Waals surface area contributed by atoms with E-state index >= 15 is 0 Å². The Bertz CT molecular complexity index is 595. The van der Waals surface area contributed by atoms with Gasteiger partial charge in [0.05, 0.1) is 0 Å². The molecular formula is C16H18N2O. The van der Waals surface area contributed by atoms with E-state index in [1.807, 2.05) is 18.5 Å². The van der Waals surface area contributed by atoms with Crippen LogP contribution in [-0.4, -0.2) is 10.1 Å². The van der Waals surface area contributed by atoms with Crippen LogP contribution in [0.3, 0.4) is 0 Å². The predicted molar refractivity (Wildman–Crippen MR) is 75.0 cm³/mol. The van der Waals surface area contributed by atoms with Crippen LogP contribution in [0, 0.1) is 6.92 Å². The lowest BCUT2D eigenvalue weighted by molar-refractivity contribution is 0.469. The third kappa shape index (κ3) is 2.34. The maximum absolute atomic E-state index is 9.84. The summed E-state index contributed by atoms with van der Waals surface area (Å²) in [5.41, 5.74) is 4.84. The van der Waals surface area contributed by atoms with Crippen LogP contribution in [0.15, 0.2) is 36.7 Å². The molecule has 3 heteroatoms. The molecule has 1 aliphatic rings. The van der Waals surface area contributed by atoms with E-state index < -0.39 is 0 Å². The number of phenolic OH excluding ortho intramolecular Hbond substituents is 1. The molecule has 2 aromatic rings. The van der Waals surface area contributed by atoms with Crippen molar-refractivity contribution in [3.8, 4) is 5.75 Å². The molecule has 1 heterocycles. The van der Waals surface area contributed by atoms with E-state index in [4.69, 9.17) is 0 Å². The van der Waals surface area contributed by atoms with Gasteiger partial charge < -0.3 is 10.4 Å². The first-order valence-electron chi connectivity index (χ1n) is 6.69. The number of phenols is 1. The summed E-state index contributed by atoms with van der Waals surface area (Å²) in [5, 5.41) is 13.4. The molecule has 1 unspecified atom stereocenters. The number of pyridine rings is 1. The third-order valence-electron chi connectivity index (χ3n) is 3.92. The lowest BCUT2D eigenvalue weighted by atomic mass is 10.1. The fourth-order valence-corrected chi connectivity index (χ4v) is 2.78. The van der Waals surface area contributed by atoms with Gasteiger partial charge in [-0.15, -0.1) is 0 Å². The molecule has 98 valence electrons. The minimum absolute atomic E-state index is 0.342. The lowest BCUT2D eigenvalue weighted by Gasteiger charge is -2.15. The Balaban J connectivity index is 1.74. The first-order chi connectivity index (χ1) is 9.25. The fourth-order valence-electron chi connectivity index (χ4n) is 2.78. The van der Waals surface area contributed by atoms with E-state index in [1.165, 1.54) is 16.7 Å². The highest BCUT2D eigenvalue weighted by atomic mass is 16.3. The fraction of sp³-hybridized carbons (Fsp3) is 0.312. The van der Waals surface area contributed by atoms with Crippen molar-refractivity contribution in [2.75, 3.05) is 0 Å². The number of rotatable bonds is 3. The Morgan fingerprint density at radius 1 is 1.37 bits per heavy atom. The highest BCUT2D eigenvalue weighted by Gasteiger charge is 2.23. The van der Waals surface area contributed by atoms with Gasteiger partial charge in [0.25, 0.3) is 0 Å². The SMILES string of the molecule is Cc1cnccc1CNC1CCc2c(O)cccc21. The number of aromatic hydroxyl groups is 1. The lowest BCUT2D eigenvalue weighted by Crippen LogP contribution is -2.19. The van der Waals surface area contributed by atoms with Gasteiger partial charge in [-0.05, 0) is 54.2 Å². The summed E-state index contributed by atoms with van der Waals surface area (Å²) in [6, 6.07) is 8.20. The molecule has 19 heavy (non-hydrogen) atoms. The molecule has 1 aromatic heterocycles. The van der Waals surface area contributed by atoms with Gasteiger partial charge >= 0.3 is 0 Å². The minimum atomic E-state index is 0.342. The van der Waals surface area contributed by atoms with Crippen molar-refractivity contribution < 1.29 is 5.11 Å². The molecule has 3 nitrogen and oxygen atoms in total. The molecule has 0 amide bonds. The van der Waals surface area contributed by atoms with E-state index in [1.54, 1.807) is 6.07 Å². The average molecular weight is 254 g/mol. The molecule has 2 N–H and O–H groups in total. The van der Waals surface area contributed by atoms with Crippen molar-refractivity contribution in [3.05, 3.63) is 58.9 Å². The summed E-state index contributed by atoms with van der Waals surface area (Å²) in [5.74, 6) is 0.432. The van der Waals surface area contributed by atoms with Gasteiger partial charge in [-0.2, -0.15) is 0 Å². The zero-order valence-electron chi connectivity index (χ0n) is 11.1. The van der Waals surface area contributed by atoms with Crippen LogP contribution in [0.4, 0.5) is 0 Å². The van der Waals surface area contributed by atoms with Gasteiger partial charge in [-0.1, -0.05) is 12.1 Å². The van der Waals surface area contributed by atoms with Crippen LogP contribution in [0.2, 0.25) is 0 Å². The molecule has 0 saturated heterocycles. The number of aryl methyl sites for hydroxylation is 1. The zero-order valence-corrected chi connectivity index (χ0v) is 11.1. The Morgan fingerprint density at radius 2 is 2.26 bits per heavy atom. The standard InChI is InChI=1S/C16H18N2O/c1-11-9-17-8-7-12(11)10-18-15-6-5-14-13(15)3-2-4-16(14)19/h2-4,7-9,15,18-19H,5-6,10H2,1H3. The largest absolute Gasteiger partial charge is 0.508 e. The van der Waals surface area contributed by atoms with E-state index in [0.29, 0.717) is 11.8 Å². The number of benzene rings is 1. The Hall–Kier alpha value is -1.87. The highest BCUT2D eigenvalue weighted by Crippen LogP contribution is 2.36. The number of nitrogens with one attached hydrogen (secondary N) is 1. The van der Waals surface area contributed by atoms with Crippen molar-refractivity contribution in [1.82, 2.24) is 10.3 Å².